The molecule has 1 rings (SSSR count). The SMILES string of the molecule is CCCCCCCC[C@H](O)C=CC=C[C@H]1CCC[C@H]1C(O)CCCC(=O)O. The second kappa shape index (κ2) is 14.9. The fourth-order valence-electron chi connectivity index (χ4n) is 4.04. The fourth-order valence-corrected chi connectivity index (χ4v) is 4.04. The summed E-state index contributed by atoms with van der Waals surface area (Å²) in [4.78, 5) is 10.6. The van der Waals surface area contributed by atoms with Gasteiger partial charge in [-0.05, 0) is 43.9 Å². The number of carboxylic acid groups (broad SMARTS) is 1. The van der Waals surface area contributed by atoms with Gasteiger partial charge in [0.25, 0.3) is 0 Å². The molecule has 4 atom stereocenters. The normalized spacial score (nSPS) is 22.6. The lowest BCUT2D eigenvalue weighted by Crippen LogP contribution is -2.23. The molecule has 1 aliphatic carbocycles. The van der Waals surface area contributed by atoms with Crippen molar-refractivity contribution in [3.05, 3.63) is 24.3 Å². The van der Waals surface area contributed by atoms with Crippen LogP contribution in [0, 0.1) is 11.8 Å². The van der Waals surface area contributed by atoms with Crippen LogP contribution in [0.25, 0.3) is 0 Å². The second-order valence-electron chi connectivity index (χ2n) is 8.01. The third kappa shape index (κ3) is 11.3. The van der Waals surface area contributed by atoms with Gasteiger partial charge in [-0.3, -0.25) is 4.79 Å². The van der Waals surface area contributed by atoms with Crippen molar-refractivity contribution in [1.29, 1.82) is 0 Å². The van der Waals surface area contributed by atoms with Crippen LogP contribution in [0.4, 0.5) is 0 Å². The zero-order valence-corrected chi connectivity index (χ0v) is 17.1. The Morgan fingerprint density at radius 1 is 1.00 bits per heavy atom. The molecule has 1 aliphatic rings. The van der Waals surface area contributed by atoms with E-state index in [1.54, 1.807) is 0 Å². The molecular weight excluding hydrogens is 340 g/mol. The number of aliphatic hydroxyl groups is 2. The Balaban J connectivity index is 2.25. The van der Waals surface area contributed by atoms with Gasteiger partial charge in [0.2, 0.25) is 0 Å². The standard InChI is InChI=1S/C23H40O4/c1-2-3-4-5-6-7-14-20(24)15-9-8-12-19-13-10-16-21(19)22(25)17-11-18-23(26)27/h8-9,12,15,19-22,24-25H,2-7,10-11,13-14,16-18H2,1H3,(H,26,27)/t19-,20-,21+,22?/m0/s1. The van der Waals surface area contributed by atoms with Gasteiger partial charge in [-0.15, -0.1) is 0 Å². The van der Waals surface area contributed by atoms with Gasteiger partial charge in [-0.1, -0.05) is 76.2 Å². The van der Waals surface area contributed by atoms with Crippen LogP contribution in [0.3, 0.4) is 0 Å². The average molecular weight is 381 g/mol. The van der Waals surface area contributed by atoms with Gasteiger partial charge in [-0.25, -0.2) is 0 Å². The van der Waals surface area contributed by atoms with Crippen molar-refractivity contribution >= 4 is 5.97 Å². The molecule has 3 N–H and O–H groups in total. The molecule has 156 valence electrons. The molecule has 0 aromatic carbocycles. The Hall–Kier alpha value is -1.13. The fraction of sp³-hybridized carbons (Fsp3) is 0.783. The van der Waals surface area contributed by atoms with Crippen molar-refractivity contribution in [2.24, 2.45) is 11.8 Å². The number of hydrogen-bond donors (Lipinski definition) is 3. The Morgan fingerprint density at radius 3 is 2.48 bits per heavy atom. The Kier molecular flexibility index (Phi) is 13.2. The first-order valence-corrected chi connectivity index (χ1v) is 11.0. The molecule has 0 aliphatic heterocycles. The highest BCUT2D eigenvalue weighted by Gasteiger charge is 2.30. The van der Waals surface area contributed by atoms with Crippen LogP contribution in [0.5, 0.6) is 0 Å². The molecule has 0 aromatic rings. The highest BCUT2D eigenvalue weighted by atomic mass is 16.4. The minimum Gasteiger partial charge on any atom is -0.481 e. The molecule has 0 aromatic heterocycles. The van der Waals surface area contributed by atoms with Crippen LogP contribution < -0.4 is 0 Å². The van der Waals surface area contributed by atoms with Crippen molar-refractivity contribution < 1.29 is 20.1 Å². The third-order valence-electron chi connectivity index (χ3n) is 5.67. The van der Waals surface area contributed by atoms with Gasteiger partial charge in [-0.2, -0.15) is 0 Å². The predicted octanol–water partition coefficient (Wildman–Crippen LogP) is 5.24. The average Bonchev–Trinajstić information content (AvgIpc) is 3.10. The lowest BCUT2D eigenvalue weighted by atomic mass is 9.88. The van der Waals surface area contributed by atoms with E-state index in [0.717, 1.165) is 32.1 Å². The van der Waals surface area contributed by atoms with Gasteiger partial charge in [0, 0.05) is 6.42 Å². The van der Waals surface area contributed by atoms with Gasteiger partial charge in [0.05, 0.1) is 12.2 Å². The molecule has 1 unspecified atom stereocenters. The van der Waals surface area contributed by atoms with E-state index in [9.17, 15) is 15.0 Å². The number of hydrogen-bond acceptors (Lipinski definition) is 3. The van der Waals surface area contributed by atoms with E-state index in [1.165, 1.54) is 32.1 Å². The maximum atomic E-state index is 10.6. The maximum absolute atomic E-state index is 10.6. The van der Waals surface area contributed by atoms with E-state index in [0.29, 0.717) is 18.8 Å². The topological polar surface area (TPSA) is 77.8 Å². The van der Waals surface area contributed by atoms with Crippen LogP contribution in [0.2, 0.25) is 0 Å². The molecule has 4 nitrogen and oxygen atoms in total. The van der Waals surface area contributed by atoms with Crippen LogP contribution in [0.1, 0.15) is 90.4 Å². The molecule has 0 radical (unpaired) electrons. The van der Waals surface area contributed by atoms with Crippen LogP contribution in [-0.4, -0.2) is 33.5 Å². The molecular formula is C23H40O4. The van der Waals surface area contributed by atoms with Gasteiger partial charge in [0.15, 0.2) is 0 Å². The van der Waals surface area contributed by atoms with Gasteiger partial charge in [0.1, 0.15) is 0 Å². The number of unbranched alkanes of at least 4 members (excludes halogenated alkanes) is 5. The number of aliphatic carboxylic acids is 1. The highest BCUT2D eigenvalue weighted by molar-refractivity contribution is 5.66. The van der Waals surface area contributed by atoms with Crippen LogP contribution >= 0.6 is 0 Å². The minimum atomic E-state index is -0.797. The zero-order chi connectivity index (χ0) is 19.9. The summed E-state index contributed by atoms with van der Waals surface area (Å²) >= 11 is 0. The third-order valence-corrected chi connectivity index (χ3v) is 5.67. The summed E-state index contributed by atoms with van der Waals surface area (Å²) in [7, 11) is 0. The molecule has 27 heavy (non-hydrogen) atoms. The van der Waals surface area contributed by atoms with E-state index in [4.69, 9.17) is 5.11 Å². The summed E-state index contributed by atoms with van der Waals surface area (Å²) in [5, 5.41) is 29.1. The summed E-state index contributed by atoms with van der Waals surface area (Å²) in [6.07, 6.45) is 19.8. The van der Waals surface area contributed by atoms with Crippen LogP contribution in [0.15, 0.2) is 24.3 Å². The van der Waals surface area contributed by atoms with E-state index < -0.39 is 12.1 Å². The number of allylic oxidation sites excluding steroid dienone is 3. The Labute approximate surface area is 165 Å². The minimum absolute atomic E-state index is 0.128. The molecule has 1 fully saturated rings. The summed E-state index contributed by atoms with van der Waals surface area (Å²) in [6.45, 7) is 2.22. The van der Waals surface area contributed by atoms with Crippen LogP contribution in [-0.2, 0) is 4.79 Å². The van der Waals surface area contributed by atoms with Crippen molar-refractivity contribution in [2.45, 2.75) is 103 Å². The highest BCUT2D eigenvalue weighted by Crippen LogP contribution is 2.36. The molecule has 4 heteroatoms. The maximum Gasteiger partial charge on any atom is 0.303 e. The molecule has 1 saturated carbocycles. The van der Waals surface area contributed by atoms with E-state index >= 15 is 0 Å². The zero-order valence-electron chi connectivity index (χ0n) is 17.1. The lowest BCUT2D eigenvalue weighted by Gasteiger charge is -2.22. The van der Waals surface area contributed by atoms with E-state index in [2.05, 4.69) is 13.0 Å². The van der Waals surface area contributed by atoms with Crippen molar-refractivity contribution in [1.82, 2.24) is 0 Å². The molecule has 0 amide bonds. The summed E-state index contributed by atoms with van der Waals surface area (Å²) in [5.74, 6) is -0.212. The largest absolute Gasteiger partial charge is 0.481 e. The second-order valence-corrected chi connectivity index (χ2v) is 8.01. The van der Waals surface area contributed by atoms with Crippen molar-refractivity contribution in [3.63, 3.8) is 0 Å². The number of carbonyl (C=O) groups is 1. The first-order valence-electron chi connectivity index (χ1n) is 11.0. The summed E-state index contributed by atoms with van der Waals surface area (Å²) in [5.41, 5.74) is 0. The number of rotatable bonds is 15. The first kappa shape index (κ1) is 23.9. The number of carboxylic acids is 1. The quantitative estimate of drug-likeness (QED) is 0.268. The molecule has 0 spiro atoms. The van der Waals surface area contributed by atoms with Gasteiger partial charge >= 0.3 is 5.97 Å². The summed E-state index contributed by atoms with van der Waals surface area (Å²) < 4.78 is 0. The smallest absolute Gasteiger partial charge is 0.303 e. The number of aliphatic hydroxyl groups excluding tert-OH is 2. The molecule has 0 saturated heterocycles. The van der Waals surface area contributed by atoms with Gasteiger partial charge < -0.3 is 15.3 Å². The predicted molar refractivity (Wildman–Crippen MR) is 111 cm³/mol. The Bertz CT molecular complexity index is 444. The molecule has 0 heterocycles. The van der Waals surface area contributed by atoms with E-state index in [1.807, 2.05) is 18.2 Å². The van der Waals surface area contributed by atoms with E-state index in [-0.39, 0.29) is 18.4 Å². The summed E-state index contributed by atoms with van der Waals surface area (Å²) in [6, 6.07) is 0. The Morgan fingerprint density at radius 2 is 1.74 bits per heavy atom. The van der Waals surface area contributed by atoms with Crippen molar-refractivity contribution in [3.8, 4) is 0 Å². The monoisotopic (exact) mass is 380 g/mol. The molecule has 0 bridgehead atoms. The first-order chi connectivity index (χ1) is 13.0. The lowest BCUT2D eigenvalue weighted by molar-refractivity contribution is -0.137. The van der Waals surface area contributed by atoms with Crippen molar-refractivity contribution in [2.75, 3.05) is 0 Å².